The minimum absolute atomic E-state index is 0.00252. The number of ether oxygens (including phenoxy) is 2. The summed E-state index contributed by atoms with van der Waals surface area (Å²) in [6.45, 7) is 7.65. The van der Waals surface area contributed by atoms with Crippen LogP contribution >= 0.6 is 15.9 Å². The SMILES string of the molecule is CC(C)(C)OC(=O)N1CCN[C@@H](COc2nc(NC(=O)C3CC3)ccc2Br)C1. The van der Waals surface area contributed by atoms with Crippen LogP contribution in [0.15, 0.2) is 16.6 Å². The Kier molecular flexibility index (Phi) is 6.44. The Labute approximate surface area is 173 Å². The van der Waals surface area contributed by atoms with E-state index in [9.17, 15) is 9.59 Å². The van der Waals surface area contributed by atoms with Crippen molar-refractivity contribution in [1.29, 1.82) is 0 Å². The zero-order chi connectivity index (χ0) is 20.3. The maximum Gasteiger partial charge on any atom is 0.410 e. The second-order valence-electron chi connectivity index (χ2n) is 8.14. The number of rotatable bonds is 5. The quantitative estimate of drug-likeness (QED) is 0.710. The maximum atomic E-state index is 12.3. The number of carbonyl (C=O) groups excluding carboxylic acids is 2. The first kappa shape index (κ1) is 20.9. The number of hydrogen-bond donors (Lipinski definition) is 2. The van der Waals surface area contributed by atoms with Crippen LogP contribution in [0.3, 0.4) is 0 Å². The molecule has 1 aliphatic carbocycles. The predicted molar refractivity (Wildman–Crippen MR) is 108 cm³/mol. The van der Waals surface area contributed by atoms with Crippen LogP contribution in [0, 0.1) is 5.92 Å². The number of piperazine rings is 1. The van der Waals surface area contributed by atoms with Crippen LogP contribution in [-0.4, -0.2) is 59.8 Å². The zero-order valence-corrected chi connectivity index (χ0v) is 18.0. The standard InChI is InChI=1S/C19H27BrN4O4/c1-19(2,3)28-18(26)24-9-8-21-13(10-24)11-27-17-14(20)6-7-15(23-17)22-16(25)12-4-5-12/h6-7,12-13,21H,4-5,8-11H2,1-3H3,(H,22,23,25)/t13-/m1/s1. The molecule has 0 unspecified atom stereocenters. The molecular weight excluding hydrogens is 428 g/mol. The fourth-order valence-corrected chi connectivity index (χ4v) is 3.11. The van der Waals surface area contributed by atoms with Crippen LogP contribution in [0.2, 0.25) is 0 Å². The molecule has 1 saturated carbocycles. The van der Waals surface area contributed by atoms with Gasteiger partial charge in [-0.05, 0) is 61.7 Å². The number of carbonyl (C=O) groups is 2. The summed E-state index contributed by atoms with van der Waals surface area (Å²) in [6, 6.07) is 3.49. The molecule has 2 aliphatic rings. The van der Waals surface area contributed by atoms with Gasteiger partial charge in [0, 0.05) is 25.6 Å². The van der Waals surface area contributed by atoms with E-state index in [1.807, 2.05) is 20.8 Å². The molecule has 0 spiro atoms. The van der Waals surface area contributed by atoms with Crippen molar-refractivity contribution in [2.75, 3.05) is 31.6 Å². The highest BCUT2D eigenvalue weighted by Crippen LogP contribution is 2.31. The van der Waals surface area contributed by atoms with Gasteiger partial charge < -0.3 is 25.0 Å². The van der Waals surface area contributed by atoms with Gasteiger partial charge in [0.05, 0.1) is 10.5 Å². The molecule has 0 aromatic carbocycles. The molecule has 2 heterocycles. The molecule has 8 nitrogen and oxygen atoms in total. The lowest BCUT2D eigenvalue weighted by Crippen LogP contribution is -2.55. The summed E-state index contributed by atoms with van der Waals surface area (Å²) in [5.74, 6) is 0.995. The summed E-state index contributed by atoms with van der Waals surface area (Å²) >= 11 is 3.43. The fraction of sp³-hybridized carbons (Fsp3) is 0.632. The zero-order valence-electron chi connectivity index (χ0n) is 16.5. The summed E-state index contributed by atoms with van der Waals surface area (Å²) in [5, 5.41) is 6.16. The number of nitrogens with zero attached hydrogens (tertiary/aromatic N) is 2. The normalized spacial score (nSPS) is 19.9. The number of aromatic nitrogens is 1. The van der Waals surface area contributed by atoms with Crippen LogP contribution in [-0.2, 0) is 9.53 Å². The van der Waals surface area contributed by atoms with Gasteiger partial charge in [0.15, 0.2) is 0 Å². The highest BCUT2D eigenvalue weighted by Gasteiger charge is 2.30. The number of amides is 2. The highest BCUT2D eigenvalue weighted by molar-refractivity contribution is 9.10. The first-order chi connectivity index (χ1) is 13.2. The Bertz CT molecular complexity index is 733. The van der Waals surface area contributed by atoms with Crippen molar-refractivity contribution in [2.45, 2.75) is 45.3 Å². The molecule has 154 valence electrons. The molecule has 0 radical (unpaired) electrons. The number of anilines is 1. The highest BCUT2D eigenvalue weighted by atomic mass is 79.9. The molecule has 2 N–H and O–H groups in total. The van der Waals surface area contributed by atoms with E-state index < -0.39 is 5.60 Å². The van der Waals surface area contributed by atoms with Crippen LogP contribution < -0.4 is 15.4 Å². The van der Waals surface area contributed by atoms with E-state index >= 15 is 0 Å². The Morgan fingerprint density at radius 3 is 2.79 bits per heavy atom. The first-order valence-electron chi connectivity index (χ1n) is 9.53. The van der Waals surface area contributed by atoms with Gasteiger partial charge in [-0.2, -0.15) is 4.98 Å². The van der Waals surface area contributed by atoms with Gasteiger partial charge in [-0.3, -0.25) is 4.79 Å². The van der Waals surface area contributed by atoms with Gasteiger partial charge in [0.1, 0.15) is 18.0 Å². The molecule has 0 bridgehead atoms. The molecule has 1 aromatic heterocycles. The van der Waals surface area contributed by atoms with Crippen molar-refractivity contribution in [3.63, 3.8) is 0 Å². The van der Waals surface area contributed by atoms with Gasteiger partial charge in [-0.25, -0.2) is 4.79 Å². The third-order valence-electron chi connectivity index (χ3n) is 4.34. The monoisotopic (exact) mass is 454 g/mol. The van der Waals surface area contributed by atoms with Crippen molar-refractivity contribution < 1.29 is 19.1 Å². The fourth-order valence-electron chi connectivity index (χ4n) is 2.78. The van der Waals surface area contributed by atoms with E-state index in [1.165, 1.54) is 0 Å². The molecule has 28 heavy (non-hydrogen) atoms. The number of halogens is 1. The minimum Gasteiger partial charge on any atom is -0.475 e. The Balaban J connectivity index is 1.54. The van der Waals surface area contributed by atoms with Crippen LogP contribution in [0.4, 0.5) is 10.6 Å². The van der Waals surface area contributed by atoms with E-state index in [2.05, 4.69) is 31.5 Å². The van der Waals surface area contributed by atoms with Gasteiger partial charge in [0.2, 0.25) is 11.8 Å². The Morgan fingerprint density at radius 2 is 2.11 bits per heavy atom. The average molecular weight is 455 g/mol. The number of nitrogens with one attached hydrogen (secondary N) is 2. The molecule has 1 aromatic rings. The van der Waals surface area contributed by atoms with Gasteiger partial charge in [-0.1, -0.05) is 0 Å². The summed E-state index contributed by atoms with van der Waals surface area (Å²) in [6.07, 6.45) is 1.56. The lowest BCUT2D eigenvalue weighted by Gasteiger charge is -2.34. The van der Waals surface area contributed by atoms with Crippen molar-refractivity contribution in [3.8, 4) is 5.88 Å². The van der Waals surface area contributed by atoms with Crippen molar-refractivity contribution in [2.24, 2.45) is 5.92 Å². The number of pyridine rings is 1. The largest absolute Gasteiger partial charge is 0.475 e. The van der Waals surface area contributed by atoms with Crippen LogP contribution in [0.1, 0.15) is 33.6 Å². The molecule has 2 amide bonds. The molecule has 9 heteroatoms. The van der Waals surface area contributed by atoms with Gasteiger partial charge in [0.25, 0.3) is 0 Å². The van der Waals surface area contributed by atoms with E-state index in [-0.39, 0.29) is 24.0 Å². The maximum absolute atomic E-state index is 12.3. The third kappa shape index (κ3) is 6.07. The summed E-state index contributed by atoms with van der Waals surface area (Å²) < 4.78 is 12.0. The molecule has 1 saturated heterocycles. The Morgan fingerprint density at radius 1 is 1.36 bits per heavy atom. The lowest BCUT2D eigenvalue weighted by atomic mass is 10.2. The van der Waals surface area contributed by atoms with Gasteiger partial charge >= 0.3 is 6.09 Å². The van der Waals surface area contributed by atoms with Crippen molar-refractivity contribution in [1.82, 2.24) is 15.2 Å². The summed E-state index contributed by atoms with van der Waals surface area (Å²) in [5.41, 5.74) is -0.520. The smallest absolute Gasteiger partial charge is 0.410 e. The second-order valence-corrected chi connectivity index (χ2v) is 8.99. The molecule has 3 rings (SSSR count). The molecule has 2 fully saturated rings. The summed E-state index contributed by atoms with van der Waals surface area (Å²) in [4.78, 5) is 30.2. The third-order valence-corrected chi connectivity index (χ3v) is 4.95. The average Bonchev–Trinajstić information content (AvgIpc) is 3.46. The first-order valence-corrected chi connectivity index (χ1v) is 10.3. The topological polar surface area (TPSA) is 92.8 Å². The van der Waals surface area contributed by atoms with E-state index in [1.54, 1.807) is 17.0 Å². The predicted octanol–water partition coefficient (Wildman–Crippen LogP) is 2.78. The second kappa shape index (κ2) is 8.65. The van der Waals surface area contributed by atoms with E-state index in [0.717, 1.165) is 12.8 Å². The van der Waals surface area contributed by atoms with E-state index in [4.69, 9.17) is 9.47 Å². The van der Waals surface area contributed by atoms with Crippen LogP contribution in [0.5, 0.6) is 5.88 Å². The van der Waals surface area contributed by atoms with Crippen molar-refractivity contribution >= 4 is 33.7 Å². The minimum atomic E-state index is -0.520. The van der Waals surface area contributed by atoms with Crippen LogP contribution in [0.25, 0.3) is 0 Å². The molecule has 1 aliphatic heterocycles. The molecule has 1 atom stereocenters. The number of hydrogen-bond acceptors (Lipinski definition) is 6. The summed E-state index contributed by atoms with van der Waals surface area (Å²) in [7, 11) is 0. The van der Waals surface area contributed by atoms with Crippen molar-refractivity contribution in [3.05, 3.63) is 16.6 Å². The van der Waals surface area contributed by atoms with E-state index in [0.29, 0.717) is 42.4 Å². The lowest BCUT2D eigenvalue weighted by molar-refractivity contribution is -0.117. The van der Waals surface area contributed by atoms with Gasteiger partial charge in [-0.15, -0.1) is 0 Å². The Hall–Kier alpha value is -1.87. The molecular formula is C19H27BrN4O4.